The van der Waals surface area contributed by atoms with E-state index in [0.29, 0.717) is 0 Å². The molecule has 122 valence electrons. The summed E-state index contributed by atoms with van der Waals surface area (Å²) in [4.78, 5) is 0. The summed E-state index contributed by atoms with van der Waals surface area (Å²) in [5.74, 6) is 5.34. The van der Waals surface area contributed by atoms with Crippen LogP contribution in [0.1, 0.15) is 93.9 Å². The fourth-order valence-electron chi connectivity index (χ4n) is 3.57. The van der Waals surface area contributed by atoms with Gasteiger partial charge in [0.05, 0.1) is 0 Å². The van der Waals surface area contributed by atoms with Crippen molar-refractivity contribution in [1.82, 2.24) is 0 Å². The van der Waals surface area contributed by atoms with Crippen LogP contribution in [0.5, 0.6) is 0 Å². The quantitative estimate of drug-likeness (QED) is 0.376. The lowest BCUT2D eigenvalue weighted by Crippen LogP contribution is -2.15. The summed E-state index contributed by atoms with van der Waals surface area (Å²) < 4.78 is 0. The van der Waals surface area contributed by atoms with E-state index in [-0.39, 0.29) is 0 Å². The summed E-state index contributed by atoms with van der Waals surface area (Å²) in [6.07, 6.45) is 8.41. The fourth-order valence-corrected chi connectivity index (χ4v) is 3.57. The number of hydrogen-bond acceptors (Lipinski definition) is 0. The zero-order valence-corrected chi connectivity index (χ0v) is 15.7. The molecule has 0 aromatic rings. The second-order valence-electron chi connectivity index (χ2n) is 8.36. The normalized spacial score (nSPS) is 19.6. The lowest BCUT2D eigenvalue weighted by molar-refractivity contribution is 0.256. The molecule has 5 unspecified atom stereocenters. The summed E-state index contributed by atoms with van der Waals surface area (Å²) in [6.45, 7) is 19.3. The third-order valence-electron chi connectivity index (χ3n) is 5.24. The molecule has 5 atom stereocenters. The van der Waals surface area contributed by atoms with Crippen molar-refractivity contribution in [1.29, 1.82) is 0 Å². The van der Waals surface area contributed by atoms with Gasteiger partial charge in [0.2, 0.25) is 0 Å². The van der Waals surface area contributed by atoms with Crippen LogP contribution in [0.2, 0.25) is 0 Å². The van der Waals surface area contributed by atoms with Gasteiger partial charge < -0.3 is 0 Å². The van der Waals surface area contributed by atoms with Gasteiger partial charge in [-0.15, -0.1) is 0 Å². The highest BCUT2D eigenvalue weighted by Gasteiger charge is 2.17. The topological polar surface area (TPSA) is 0 Å². The summed E-state index contributed by atoms with van der Waals surface area (Å²) in [5, 5.41) is 0. The van der Waals surface area contributed by atoms with Crippen molar-refractivity contribution >= 4 is 0 Å². The Labute approximate surface area is 130 Å². The van der Waals surface area contributed by atoms with Crippen molar-refractivity contribution in [3.05, 3.63) is 0 Å². The first-order chi connectivity index (χ1) is 9.26. The van der Waals surface area contributed by atoms with Gasteiger partial charge in [-0.25, -0.2) is 0 Å². The molecule has 0 amide bonds. The molecule has 0 nitrogen and oxygen atoms in total. The Morgan fingerprint density at radius 1 is 0.550 bits per heavy atom. The van der Waals surface area contributed by atoms with Gasteiger partial charge in [-0.05, 0) is 54.8 Å². The van der Waals surface area contributed by atoms with E-state index in [1.165, 1.54) is 38.5 Å². The molecule has 0 aliphatic rings. The van der Waals surface area contributed by atoms with Crippen LogP contribution < -0.4 is 0 Å². The van der Waals surface area contributed by atoms with Gasteiger partial charge in [0.25, 0.3) is 0 Å². The predicted molar refractivity (Wildman–Crippen MR) is 94.0 cm³/mol. The van der Waals surface area contributed by atoms with E-state index in [4.69, 9.17) is 0 Å². The Morgan fingerprint density at radius 3 is 1.65 bits per heavy atom. The second kappa shape index (κ2) is 10.7. The van der Waals surface area contributed by atoms with E-state index in [0.717, 1.165) is 35.5 Å². The average molecular weight is 283 g/mol. The molecule has 0 rings (SSSR count). The Balaban J connectivity index is 3.93. The van der Waals surface area contributed by atoms with Crippen LogP contribution in [0.3, 0.4) is 0 Å². The summed E-state index contributed by atoms with van der Waals surface area (Å²) in [6, 6.07) is 0. The average Bonchev–Trinajstić information content (AvgIpc) is 2.34. The maximum Gasteiger partial charge on any atom is -0.0414 e. The van der Waals surface area contributed by atoms with Crippen molar-refractivity contribution in [3.8, 4) is 0 Å². The van der Waals surface area contributed by atoms with E-state index in [1.807, 2.05) is 0 Å². The largest absolute Gasteiger partial charge is 0.0651 e. The van der Waals surface area contributed by atoms with Gasteiger partial charge in [0, 0.05) is 0 Å². The third-order valence-corrected chi connectivity index (χ3v) is 5.24. The molecule has 0 aromatic carbocycles. The first kappa shape index (κ1) is 20.0. The van der Waals surface area contributed by atoms with Crippen LogP contribution in [-0.4, -0.2) is 0 Å². The Hall–Kier alpha value is 0. The SMILES string of the molecule is CCC(C)CC(C)CC(C)C(C)CCC(C)CC(C)C. The van der Waals surface area contributed by atoms with Crippen LogP contribution in [0.4, 0.5) is 0 Å². The molecular formula is C20H42. The molecule has 0 saturated heterocycles. The van der Waals surface area contributed by atoms with Crippen molar-refractivity contribution in [2.45, 2.75) is 93.9 Å². The van der Waals surface area contributed by atoms with E-state index >= 15 is 0 Å². The highest BCUT2D eigenvalue weighted by molar-refractivity contribution is 4.69. The van der Waals surface area contributed by atoms with Crippen molar-refractivity contribution in [2.24, 2.45) is 35.5 Å². The molecule has 0 fully saturated rings. The molecule has 0 spiro atoms. The van der Waals surface area contributed by atoms with Gasteiger partial charge in [-0.1, -0.05) is 74.7 Å². The second-order valence-corrected chi connectivity index (χ2v) is 8.36. The first-order valence-corrected chi connectivity index (χ1v) is 9.26. The minimum atomic E-state index is 0.855. The maximum absolute atomic E-state index is 2.48. The van der Waals surface area contributed by atoms with Crippen LogP contribution in [0.25, 0.3) is 0 Å². The van der Waals surface area contributed by atoms with E-state index in [2.05, 4.69) is 55.4 Å². The minimum Gasteiger partial charge on any atom is -0.0651 e. The smallest absolute Gasteiger partial charge is 0.0414 e. The zero-order valence-electron chi connectivity index (χ0n) is 15.7. The Kier molecular flexibility index (Phi) is 10.7. The van der Waals surface area contributed by atoms with Crippen LogP contribution >= 0.6 is 0 Å². The van der Waals surface area contributed by atoms with Crippen LogP contribution in [0, 0.1) is 35.5 Å². The van der Waals surface area contributed by atoms with Crippen molar-refractivity contribution in [3.63, 3.8) is 0 Å². The molecule has 0 N–H and O–H groups in total. The lowest BCUT2D eigenvalue weighted by atomic mass is 9.80. The molecule has 0 aromatic heterocycles. The van der Waals surface area contributed by atoms with E-state index in [1.54, 1.807) is 0 Å². The monoisotopic (exact) mass is 282 g/mol. The van der Waals surface area contributed by atoms with E-state index in [9.17, 15) is 0 Å². The fraction of sp³-hybridized carbons (Fsp3) is 1.00. The number of hydrogen-bond donors (Lipinski definition) is 0. The Bertz CT molecular complexity index is 218. The minimum absolute atomic E-state index is 0.855. The molecule has 0 aliphatic heterocycles. The standard InChI is InChI=1S/C20H42/c1-9-16(4)13-18(6)14-20(8)19(7)11-10-17(5)12-15(2)3/h15-20H,9-14H2,1-8H3. The summed E-state index contributed by atoms with van der Waals surface area (Å²) in [7, 11) is 0. The van der Waals surface area contributed by atoms with Crippen molar-refractivity contribution < 1.29 is 0 Å². The van der Waals surface area contributed by atoms with Gasteiger partial charge in [-0.3, -0.25) is 0 Å². The summed E-state index contributed by atoms with van der Waals surface area (Å²) >= 11 is 0. The first-order valence-electron chi connectivity index (χ1n) is 9.26. The molecule has 0 saturated carbocycles. The van der Waals surface area contributed by atoms with Crippen LogP contribution in [0.15, 0.2) is 0 Å². The van der Waals surface area contributed by atoms with Gasteiger partial charge in [-0.2, -0.15) is 0 Å². The molecule has 0 bridgehead atoms. The van der Waals surface area contributed by atoms with Gasteiger partial charge in [0.1, 0.15) is 0 Å². The third kappa shape index (κ3) is 9.83. The molecule has 0 heterocycles. The molecular weight excluding hydrogens is 240 g/mol. The molecule has 0 aliphatic carbocycles. The Morgan fingerprint density at radius 2 is 1.15 bits per heavy atom. The highest BCUT2D eigenvalue weighted by atomic mass is 14.2. The lowest BCUT2D eigenvalue weighted by Gasteiger charge is -2.26. The molecule has 20 heavy (non-hydrogen) atoms. The molecule has 0 heteroatoms. The van der Waals surface area contributed by atoms with Crippen molar-refractivity contribution in [2.75, 3.05) is 0 Å². The van der Waals surface area contributed by atoms with E-state index < -0.39 is 0 Å². The maximum atomic E-state index is 2.48. The van der Waals surface area contributed by atoms with Gasteiger partial charge in [0.15, 0.2) is 0 Å². The highest BCUT2D eigenvalue weighted by Crippen LogP contribution is 2.29. The predicted octanol–water partition coefficient (Wildman–Crippen LogP) is 7.18. The number of rotatable bonds is 11. The van der Waals surface area contributed by atoms with Crippen LogP contribution in [-0.2, 0) is 0 Å². The molecule has 0 radical (unpaired) electrons. The van der Waals surface area contributed by atoms with Gasteiger partial charge >= 0.3 is 0 Å². The summed E-state index contributed by atoms with van der Waals surface area (Å²) in [5.41, 5.74) is 0. The zero-order chi connectivity index (χ0) is 15.7.